The van der Waals surface area contributed by atoms with Gasteiger partial charge >= 0.3 is 0 Å². The first kappa shape index (κ1) is 17.1. The number of methoxy groups -OCH3 is 2. The average Bonchev–Trinajstić information content (AvgIpc) is 2.46. The van der Waals surface area contributed by atoms with Gasteiger partial charge in [0.15, 0.2) is 0 Å². The van der Waals surface area contributed by atoms with E-state index in [4.69, 9.17) is 9.47 Å². The van der Waals surface area contributed by atoms with Gasteiger partial charge in [0.25, 0.3) is 5.56 Å². The topological polar surface area (TPSA) is 40.5 Å². The second kappa shape index (κ2) is 7.16. The molecular weight excluding hydrogens is 266 g/mol. The first-order valence-corrected chi connectivity index (χ1v) is 6.99. The van der Waals surface area contributed by atoms with Crippen molar-refractivity contribution in [3.05, 3.63) is 38.1 Å². The molecule has 116 valence electrons. The van der Waals surface area contributed by atoms with Gasteiger partial charge in [0.2, 0.25) is 0 Å². The number of hydrogen-bond donors (Lipinski definition) is 0. The standard InChI is InChI=1S/C17H25NO3/c1-8-13-15(12(4)20-6)18(5)17(19)14(16(13)21-7)10-9-11(2)3/h8-9H,10H2,1-7H3. The van der Waals surface area contributed by atoms with Gasteiger partial charge in [-0.25, -0.2) is 0 Å². The minimum atomic E-state index is -0.0543. The van der Waals surface area contributed by atoms with Gasteiger partial charge in [0.05, 0.1) is 25.1 Å². The molecule has 0 aliphatic rings. The molecule has 0 amide bonds. The Morgan fingerprint density at radius 2 is 1.86 bits per heavy atom. The summed E-state index contributed by atoms with van der Waals surface area (Å²) < 4.78 is 12.5. The van der Waals surface area contributed by atoms with E-state index < -0.39 is 0 Å². The van der Waals surface area contributed by atoms with Gasteiger partial charge < -0.3 is 14.0 Å². The highest BCUT2D eigenvalue weighted by molar-refractivity contribution is 5.44. The summed E-state index contributed by atoms with van der Waals surface area (Å²) in [6.45, 7) is 7.80. The number of rotatable bonds is 4. The molecule has 0 aromatic carbocycles. The van der Waals surface area contributed by atoms with Crippen LogP contribution in [0, 0.1) is 0 Å². The molecule has 0 saturated carbocycles. The lowest BCUT2D eigenvalue weighted by atomic mass is 10.1. The summed E-state index contributed by atoms with van der Waals surface area (Å²) in [5.74, 6) is 1.32. The van der Waals surface area contributed by atoms with Crippen molar-refractivity contribution in [3.63, 3.8) is 0 Å². The zero-order valence-corrected chi connectivity index (χ0v) is 14.0. The van der Waals surface area contributed by atoms with Crippen LogP contribution in [0.3, 0.4) is 0 Å². The van der Waals surface area contributed by atoms with E-state index in [1.165, 1.54) is 5.57 Å². The first-order valence-electron chi connectivity index (χ1n) is 6.99. The van der Waals surface area contributed by atoms with Crippen LogP contribution in [0.4, 0.5) is 0 Å². The summed E-state index contributed by atoms with van der Waals surface area (Å²) in [5, 5.41) is 1.64. The molecule has 0 bridgehead atoms. The van der Waals surface area contributed by atoms with E-state index in [-0.39, 0.29) is 5.56 Å². The van der Waals surface area contributed by atoms with Crippen LogP contribution in [0.15, 0.2) is 16.4 Å². The lowest BCUT2D eigenvalue weighted by Crippen LogP contribution is -2.45. The molecule has 0 aliphatic heterocycles. The lowest BCUT2D eigenvalue weighted by Gasteiger charge is -2.13. The van der Waals surface area contributed by atoms with Gasteiger partial charge in [0, 0.05) is 12.3 Å². The maximum atomic E-state index is 12.6. The molecule has 1 aromatic rings. The molecule has 0 N–H and O–H groups in total. The van der Waals surface area contributed by atoms with Crippen LogP contribution in [-0.2, 0) is 18.2 Å². The zero-order chi connectivity index (χ0) is 16.2. The average molecular weight is 291 g/mol. The molecule has 0 unspecified atom stereocenters. The Balaban J connectivity index is 3.94. The molecule has 1 heterocycles. The van der Waals surface area contributed by atoms with Gasteiger partial charge in [-0.1, -0.05) is 17.7 Å². The summed E-state index contributed by atoms with van der Waals surface area (Å²) in [6.07, 6.45) is 4.54. The Bertz CT molecular complexity index is 720. The maximum Gasteiger partial charge on any atom is 0.258 e. The third-order valence-corrected chi connectivity index (χ3v) is 3.52. The van der Waals surface area contributed by atoms with Crippen molar-refractivity contribution in [2.45, 2.75) is 34.1 Å². The Hall–Kier alpha value is -1.97. The molecule has 21 heavy (non-hydrogen) atoms. The summed E-state index contributed by atoms with van der Waals surface area (Å²) in [5.41, 5.74) is 1.79. The van der Waals surface area contributed by atoms with Crippen molar-refractivity contribution < 1.29 is 9.47 Å². The summed E-state index contributed by atoms with van der Waals surface area (Å²) in [7, 11) is 4.96. The molecule has 0 fully saturated rings. The summed E-state index contributed by atoms with van der Waals surface area (Å²) >= 11 is 0. The van der Waals surface area contributed by atoms with Crippen LogP contribution in [0.25, 0.3) is 11.8 Å². The largest absolute Gasteiger partial charge is 0.499 e. The van der Waals surface area contributed by atoms with Crippen molar-refractivity contribution in [3.8, 4) is 5.75 Å². The number of hydrogen-bond acceptors (Lipinski definition) is 3. The van der Waals surface area contributed by atoms with E-state index in [1.807, 2.05) is 39.8 Å². The Morgan fingerprint density at radius 3 is 2.29 bits per heavy atom. The van der Waals surface area contributed by atoms with E-state index in [1.54, 1.807) is 25.8 Å². The third kappa shape index (κ3) is 3.38. The number of ether oxygens (including phenoxy) is 2. The van der Waals surface area contributed by atoms with Gasteiger partial charge in [-0.15, -0.1) is 0 Å². The second-order valence-corrected chi connectivity index (χ2v) is 5.17. The Labute approximate surface area is 126 Å². The third-order valence-electron chi connectivity index (χ3n) is 3.52. The fraction of sp³-hybridized carbons (Fsp3) is 0.471. The number of aromatic nitrogens is 1. The molecule has 1 aromatic heterocycles. The molecule has 1 rings (SSSR count). The number of pyridine rings is 1. The molecule has 4 nitrogen and oxygen atoms in total. The SMILES string of the molecule is CC=c1c(OC)c(CC=C(C)C)c(=O)n(C)c1=C(C)OC. The number of nitrogens with zero attached hydrogens (tertiary/aromatic N) is 1. The van der Waals surface area contributed by atoms with Crippen LogP contribution in [0.1, 0.15) is 33.3 Å². The van der Waals surface area contributed by atoms with Gasteiger partial charge in [-0.3, -0.25) is 4.79 Å². The maximum absolute atomic E-state index is 12.6. The van der Waals surface area contributed by atoms with Crippen LogP contribution >= 0.6 is 0 Å². The van der Waals surface area contributed by atoms with Crippen molar-refractivity contribution in [2.24, 2.45) is 7.05 Å². The Morgan fingerprint density at radius 1 is 1.24 bits per heavy atom. The van der Waals surface area contributed by atoms with E-state index in [0.29, 0.717) is 23.5 Å². The molecule has 0 aliphatic carbocycles. The fourth-order valence-electron chi connectivity index (χ4n) is 2.36. The summed E-state index contributed by atoms with van der Waals surface area (Å²) in [6, 6.07) is 0. The predicted octanol–water partition coefficient (Wildman–Crippen LogP) is 1.48. The molecule has 0 atom stereocenters. The van der Waals surface area contributed by atoms with E-state index in [9.17, 15) is 4.79 Å². The molecule has 4 heteroatoms. The van der Waals surface area contributed by atoms with Gasteiger partial charge in [-0.2, -0.15) is 0 Å². The first-order chi connectivity index (χ1) is 9.88. The van der Waals surface area contributed by atoms with Crippen molar-refractivity contribution >= 4 is 11.8 Å². The smallest absolute Gasteiger partial charge is 0.258 e. The van der Waals surface area contributed by atoms with E-state index >= 15 is 0 Å². The minimum Gasteiger partial charge on any atom is -0.499 e. The minimum absolute atomic E-state index is 0.0543. The molecule has 0 spiro atoms. The van der Waals surface area contributed by atoms with Crippen LogP contribution in [0.2, 0.25) is 0 Å². The van der Waals surface area contributed by atoms with E-state index in [0.717, 1.165) is 10.6 Å². The molecule has 0 saturated heterocycles. The predicted molar refractivity (Wildman–Crippen MR) is 86.9 cm³/mol. The second-order valence-electron chi connectivity index (χ2n) is 5.17. The quantitative estimate of drug-likeness (QED) is 0.789. The Kier molecular flexibility index (Phi) is 5.82. The van der Waals surface area contributed by atoms with E-state index in [2.05, 4.69) is 0 Å². The monoisotopic (exact) mass is 291 g/mol. The van der Waals surface area contributed by atoms with Crippen LogP contribution < -0.4 is 20.9 Å². The fourth-order valence-corrected chi connectivity index (χ4v) is 2.36. The highest BCUT2D eigenvalue weighted by Gasteiger charge is 2.14. The normalized spacial score (nSPS) is 13.0. The van der Waals surface area contributed by atoms with Crippen LogP contribution in [-0.4, -0.2) is 18.8 Å². The summed E-state index contributed by atoms with van der Waals surface area (Å²) in [4.78, 5) is 12.6. The molecular formula is C17H25NO3. The van der Waals surface area contributed by atoms with Gasteiger partial charge in [0.1, 0.15) is 11.5 Å². The zero-order valence-electron chi connectivity index (χ0n) is 14.0. The van der Waals surface area contributed by atoms with Crippen molar-refractivity contribution in [1.29, 1.82) is 0 Å². The highest BCUT2D eigenvalue weighted by Crippen LogP contribution is 2.09. The number of allylic oxidation sites excluding steroid dienone is 2. The molecule has 0 radical (unpaired) electrons. The lowest BCUT2D eigenvalue weighted by molar-refractivity contribution is 0.355. The highest BCUT2D eigenvalue weighted by atomic mass is 16.5. The van der Waals surface area contributed by atoms with Crippen LogP contribution in [0.5, 0.6) is 5.75 Å². The van der Waals surface area contributed by atoms with Crippen molar-refractivity contribution in [1.82, 2.24) is 4.57 Å². The van der Waals surface area contributed by atoms with Gasteiger partial charge in [-0.05, 0) is 34.1 Å². The van der Waals surface area contributed by atoms with Crippen molar-refractivity contribution in [2.75, 3.05) is 14.2 Å².